The van der Waals surface area contributed by atoms with Crippen LogP contribution < -0.4 is 15.9 Å². The summed E-state index contributed by atoms with van der Waals surface area (Å²) in [7, 11) is 0. The molecule has 0 aliphatic carbocycles. The van der Waals surface area contributed by atoms with Crippen molar-refractivity contribution in [3.63, 3.8) is 0 Å². The number of hydrogen-bond donors (Lipinski definition) is 1. The number of fused-ring (bicyclic) bond motifs is 3. The van der Waals surface area contributed by atoms with Gasteiger partial charge in [0.1, 0.15) is 0 Å². The van der Waals surface area contributed by atoms with E-state index in [0.29, 0.717) is 16.6 Å². The van der Waals surface area contributed by atoms with E-state index in [1.807, 2.05) is 30.3 Å². The SMILES string of the molecule is O=C1N=c2ccccc2=CC12C(=O)Nc1ccccc12. The van der Waals surface area contributed by atoms with Crippen molar-refractivity contribution >= 4 is 23.6 Å². The Morgan fingerprint density at radius 1 is 0.950 bits per heavy atom. The van der Waals surface area contributed by atoms with Crippen molar-refractivity contribution in [3.8, 4) is 0 Å². The zero-order valence-electron chi connectivity index (χ0n) is 10.5. The van der Waals surface area contributed by atoms with Gasteiger partial charge in [0.25, 0.3) is 5.91 Å². The highest BCUT2D eigenvalue weighted by Crippen LogP contribution is 2.40. The molecule has 2 aromatic rings. The quantitative estimate of drug-likeness (QED) is 0.704. The molecule has 0 aromatic heterocycles. The average molecular weight is 262 g/mol. The van der Waals surface area contributed by atoms with Crippen LogP contribution in [0.1, 0.15) is 5.56 Å². The average Bonchev–Trinajstić information content (AvgIpc) is 2.74. The highest BCUT2D eigenvalue weighted by molar-refractivity contribution is 6.26. The van der Waals surface area contributed by atoms with Crippen LogP contribution in [0.5, 0.6) is 0 Å². The molecule has 0 radical (unpaired) electrons. The van der Waals surface area contributed by atoms with E-state index in [1.54, 1.807) is 24.3 Å². The standard InChI is InChI=1S/C16H10N2O2/c19-14-16(9-10-5-1-3-7-12(10)17-14)11-6-2-4-8-13(11)18-15(16)20/h1-9H,(H,18,20). The van der Waals surface area contributed by atoms with Gasteiger partial charge in [0.15, 0.2) is 5.41 Å². The van der Waals surface area contributed by atoms with Gasteiger partial charge in [-0.15, -0.1) is 0 Å². The van der Waals surface area contributed by atoms with E-state index in [1.165, 1.54) is 0 Å². The highest BCUT2D eigenvalue weighted by Gasteiger charge is 2.52. The summed E-state index contributed by atoms with van der Waals surface area (Å²) < 4.78 is 0. The lowest BCUT2D eigenvalue weighted by Crippen LogP contribution is -2.47. The van der Waals surface area contributed by atoms with Crippen LogP contribution in [0.2, 0.25) is 0 Å². The van der Waals surface area contributed by atoms with Crippen molar-refractivity contribution < 1.29 is 9.59 Å². The molecule has 2 aliphatic rings. The number of para-hydroxylation sites is 2. The maximum Gasteiger partial charge on any atom is 0.270 e. The lowest BCUT2D eigenvalue weighted by atomic mass is 9.79. The van der Waals surface area contributed by atoms with Gasteiger partial charge in [-0.2, -0.15) is 0 Å². The Bertz CT molecular complexity index is 885. The molecule has 4 rings (SSSR count). The minimum Gasteiger partial charge on any atom is -0.324 e. The minimum absolute atomic E-state index is 0.332. The number of benzene rings is 2. The summed E-state index contributed by atoms with van der Waals surface area (Å²) in [5.41, 5.74) is 0.0373. The Labute approximate surface area is 114 Å². The molecule has 2 amide bonds. The second-order valence-electron chi connectivity index (χ2n) is 4.93. The molecule has 1 N–H and O–H groups in total. The lowest BCUT2D eigenvalue weighted by molar-refractivity contribution is -0.129. The van der Waals surface area contributed by atoms with Gasteiger partial charge in [0, 0.05) is 11.3 Å². The van der Waals surface area contributed by atoms with Crippen molar-refractivity contribution in [1.29, 1.82) is 0 Å². The molecule has 0 bridgehead atoms. The van der Waals surface area contributed by atoms with Gasteiger partial charge < -0.3 is 5.32 Å². The summed E-state index contributed by atoms with van der Waals surface area (Å²) >= 11 is 0. The number of nitrogens with one attached hydrogen (secondary N) is 1. The predicted molar refractivity (Wildman–Crippen MR) is 73.4 cm³/mol. The number of amides is 2. The molecular weight excluding hydrogens is 252 g/mol. The summed E-state index contributed by atoms with van der Waals surface area (Å²) in [6, 6.07) is 14.6. The van der Waals surface area contributed by atoms with Crippen LogP contribution in [0.4, 0.5) is 5.69 Å². The van der Waals surface area contributed by atoms with Crippen molar-refractivity contribution in [3.05, 3.63) is 64.7 Å². The van der Waals surface area contributed by atoms with Crippen LogP contribution in [0.25, 0.3) is 6.08 Å². The zero-order valence-corrected chi connectivity index (χ0v) is 10.5. The molecule has 1 atom stereocenters. The molecule has 20 heavy (non-hydrogen) atoms. The van der Waals surface area contributed by atoms with Crippen LogP contribution >= 0.6 is 0 Å². The first kappa shape index (κ1) is 11.1. The summed E-state index contributed by atoms with van der Waals surface area (Å²) in [6.45, 7) is 0. The first-order valence-electron chi connectivity index (χ1n) is 6.34. The van der Waals surface area contributed by atoms with Crippen molar-refractivity contribution in [2.24, 2.45) is 4.99 Å². The second kappa shape index (κ2) is 3.63. The molecule has 1 spiro atoms. The third-order valence-electron chi connectivity index (χ3n) is 3.83. The second-order valence-corrected chi connectivity index (χ2v) is 4.93. The monoisotopic (exact) mass is 262 g/mol. The van der Waals surface area contributed by atoms with Gasteiger partial charge in [-0.1, -0.05) is 36.4 Å². The smallest absolute Gasteiger partial charge is 0.270 e. The van der Waals surface area contributed by atoms with Crippen molar-refractivity contribution in [2.45, 2.75) is 5.41 Å². The normalized spacial score (nSPS) is 22.6. The number of carbonyl (C=O) groups is 2. The third-order valence-corrected chi connectivity index (χ3v) is 3.83. The molecule has 4 heteroatoms. The van der Waals surface area contributed by atoms with Gasteiger partial charge in [-0.3, -0.25) is 9.59 Å². The van der Waals surface area contributed by atoms with E-state index in [4.69, 9.17) is 0 Å². The molecular formula is C16H10N2O2. The Morgan fingerprint density at radius 3 is 2.60 bits per heavy atom. The Balaban J connectivity index is 2.10. The van der Waals surface area contributed by atoms with Gasteiger partial charge in [0.2, 0.25) is 5.91 Å². The van der Waals surface area contributed by atoms with Crippen molar-refractivity contribution in [1.82, 2.24) is 0 Å². The molecule has 2 aromatic carbocycles. The minimum atomic E-state index is -1.31. The fourth-order valence-electron chi connectivity index (χ4n) is 2.84. The molecule has 1 unspecified atom stereocenters. The first-order chi connectivity index (χ1) is 9.72. The van der Waals surface area contributed by atoms with E-state index >= 15 is 0 Å². The first-order valence-corrected chi connectivity index (χ1v) is 6.34. The number of rotatable bonds is 0. The Morgan fingerprint density at radius 2 is 1.70 bits per heavy atom. The van der Waals surface area contributed by atoms with Crippen LogP contribution in [0, 0.1) is 0 Å². The van der Waals surface area contributed by atoms with Gasteiger partial charge in [-0.05, 0) is 23.4 Å². The van der Waals surface area contributed by atoms with E-state index in [2.05, 4.69) is 10.3 Å². The Kier molecular flexibility index (Phi) is 2.02. The number of carbonyl (C=O) groups excluding carboxylic acids is 2. The van der Waals surface area contributed by atoms with Gasteiger partial charge >= 0.3 is 0 Å². The van der Waals surface area contributed by atoms with Crippen LogP contribution in [0.3, 0.4) is 0 Å². The van der Waals surface area contributed by atoms with E-state index in [0.717, 1.165) is 5.22 Å². The summed E-state index contributed by atoms with van der Waals surface area (Å²) in [5.74, 6) is -0.763. The molecule has 2 aliphatic heterocycles. The maximum atomic E-state index is 12.5. The van der Waals surface area contributed by atoms with E-state index in [-0.39, 0.29) is 5.91 Å². The van der Waals surface area contributed by atoms with E-state index in [9.17, 15) is 9.59 Å². The molecule has 96 valence electrons. The highest BCUT2D eigenvalue weighted by atomic mass is 16.2. The summed E-state index contributed by atoms with van der Waals surface area (Å²) in [5, 5.41) is 4.18. The van der Waals surface area contributed by atoms with Gasteiger partial charge in [-0.25, -0.2) is 4.99 Å². The zero-order chi connectivity index (χ0) is 13.7. The van der Waals surface area contributed by atoms with Crippen LogP contribution in [0.15, 0.2) is 53.5 Å². The van der Waals surface area contributed by atoms with Crippen LogP contribution in [-0.4, -0.2) is 11.8 Å². The molecule has 4 nitrogen and oxygen atoms in total. The fraction of sp³-hybridized carbons (Fsp3) is 0.0625. The predicted octanol–water partition coefficient (Wildman–Crippen LogP) is 0.517. The fourth-order valence-corrected chi connectivity index (χ4v) is 2.84. The van der Waals surface area contributed by atoms with Gasteiger partial charge in [0.05, 0.1) is 5.36 Å². The van der Waals surface area contributed by atoms with E-state index < -0.39 is 11.3 Å². The molecule has 2 heterocycles. The summed E-state index contributed by atoms with van der Waals surface area (Å²) in [6.07, 6.45) is 1.72. The third kappa shape index (κ3) is 1.23. The number of hydrogen-bond acceptors (Lipinski definition) is 2. The Hall–Kier alpha value is -2.75. The lowest BCUT2D eigenvalue weighted by Gasteiger charge is -2.21. The summed E-state index contributed by atoms with van der Waals surface area (Å²) in [4.78, 5) is 29.0. The van der Waals surface area contributed by atoms with Crippen molar-refractivity contribution in [2.75, 3.05) is 5.32 Å². The largest absolute Gasteiger partial charge is 0.324 e. The topological polar surface area (TPSA) is 58.5 Å². The van der Waals surface area contributed by atoms with Crippen LogP contribution in [-0.2, 0) is 15.0 Å². The number of nitrogens with zero attached hydrogens (tertiary/aromatic N) is 1. The number of anilines is 1. The maximum absolute atomic E-state index is 12.5. The molecule has 0 saturated carbocycles. The molecule has 0 fully saturated rings. The molecule has 0 saturated heterocycles.